The molecule has 6 atom stereocenters. The predicted octanol–water partition coefficient (Wildman–Crippen LogP) is 4.78. The Labute approximate surface area is 656 Å². The van der Waals surface area contributed by atoms with Crippen LogP contribution >= 0.6 is 47.2 Å². The van der Waals surface area contributed by atoms with Gasteiger partial charge in [0.15, 0.2) is 29.2 Å². The number of aliphatic hydroxyl groups is 5. The maximum atomic E-state index is 12.8. The largest absolute Gasteiger partial charge is 0.504 e. The number of sulfonamides is 1. The van der Waals surface area contributed by atoms with Crippen LogP contribution in [-0.4, -0.2) is 247 Å². The lowest BCUT2D eigenvalue weighted by Crippen LogP contribution is -2.64. The number of carbonyl (C=O) groups excluding carboxylic acids is 5. The standard InChI is InChI=1S/C25H22N4O8.C16H15ClN2O3S.C14H23Cl2N3O2.C8H15N3O7.C6H9N3O2.ClH/c1-9-14(10-6-8-13(35-2)23(36-3)20(10)30)15(26)19(29-17(9)25(33)34)12-7-5-11-18(28-12)22(32)16(27)24(37-4)21(11)31;17-13-5-7-14(8-6-13)18-16(20)19-23(21,22)15-9-4-11-2-1-3-12(11)10-15;15-6-8-18(9-7-16)10-11-19-12(20)14(17-13(19)21)4-2-1-3-5-14;1-11(10-17)8(16)9-4-6(14)5(13)3(2-12)18-7(4)15;7-5(6(10)11)1-4-2-8-3-9-4;/h5-8,30H,26-27H2,1-4H3,(H,33,34);4-10H,1-3H2,(H2,18,19,20);1-11H2,(H,17,21);3-7,12-15H,2H2,1H3,(H,9,16);2-3,5H,1,7H2,(H,8,9)(H,10,11);1H/t;;;3-,4-,5-,6-,7+;5-;/m...10./s1. The van der Waals surface area contributed by atoms with Crippen LogP contribution in [-0.2, 0) is 48.3 Å². The Balaban J connectivity index is 0.000000227. The quantitative estimate of drug-likeness (QED) is 0.0247. The Morgan fingerprint density at radius 3 is 2.09 bits per heavy atom. The highest BCUT2D eigenvalue weighted by Gasteiger charge is 2.49. The smallest absolute Gasteiger partial charge is 0.354 e. The van der Waals surface area contributed by atoms with E-state index in [4.69, 9.17) is 81.2 Å². The van der Waals surface area contributed by atoms with Crippen molar-refractivity contribution >= 4 is 116 Å². The number of aromatic amines is 1. The van der Waals surface area contributed by atoms with E-state index in [9.17, 15) is 77.5 Å². The number of rotatable bonds is 22. The highest BCUT2D eigenvalue weighted by atomic mass is 35.5. The van der Waals surface area contributed by atoms with Crippen molar-refractivity contribution < 1.29 is 102 Å². The minimum Gasteiger partial charge on any atom is -0.504 e. The number of nitrogens with two attached hydrogens (primary N) is 3. The zero-order valence-electron chi connectivity index (χ0n) is 60.3. The number of fused-ring (bicyclic) bond motifs is 2. The lowest BCUT2D eigenvalue weighted by Gasteiger charge is -2.40. The average Bonchev–Trinajstić information content (AvgIpc) is 1.38. The first-order chi connectivity index (χ1) is 52.2. The lowest BCUT2D eigenvalue weighted by atomic mass is 9.82. The molecule has 5 amide bonds. The van der Waals surface area contributed by atoms with Crippen molar-refractivity contribution in [2.75, 3.05) is 84.0 Å². The summed E-state index contributed by atoms with van der Waals surface area (Å²) in [6.45, 7) is 3.40. The molecule has 18 N–H and O–H groups in total. The molecule has 42 heteroatoms. The van der Waals surface area contributed by atoms with E-state index in [2.05, 4.69) is 45.7 Å². The number of carbonyl (C=O) groups is 7. The summed E-state index contributed by atoms with van der Waals surface area (Å²) in [6, 6.07) is 13.0. The fourth-order valence-electron chi connectivity index (χ4n) is 12.1. The second-order valence-corrected chi connectivity index (χ2v) is 27.9. The van der Waals surface area contributed by atoms with Gasteiger partial charge in [0, 0.05) is 85.1 Å². The second kappa shape index (κ2) is 40.7. The molecule has 3 aromatic heterocycles. The van der Waals surface area contributed by atoms with Crippen molar-refractivity contribution in [1.29, 1.82) is 0 Å². The maximum Gasteiger partial charge on any atom is 0.354 e. The van der Waals surface area contributed by atoms with Gasteiger partial charge in [-0.05, 0) is 116 Å². The molecule has 111 heavy (non-hydrogen) atoms. The van der Waals surface area contributed by atoms with E-state index in [-0.39, 0.29) is 109 Å². The third-order valence-electron chi connectivity index (χ3n) is 17.9. The Kier molecular flexibility index (Phi) is 32.9. The average molecular weight is 1650 g/mol. The van der Waals surface area contributed by atoms with Crippen LogP contribution in [0.15, 0.2) is 106 Å². The fourth-order valence-corrected chi connectivity index (χ4v) is 13.7. The number of pyridine rings is 2. The molecule has 0 radical (unpaired) electrons. The topological polar surface area (TPSA) is 573 Å². The minimum atomic E-state index is -3.90. The van der Waals surface area contributed by atoms with Gasteiger partial charge in [-0.15, -0.1) is 40.5 Å². The minimum absolute atomic E-state index is 0. The van der Waals surface area contributed by atoms with E-state index in [0.29, 0.717) is 40.6 Å². The van der Waals surface area contributed by atoms with Crippen molar-refractivity contribution in [3.05, 3.63) is 140 Å². The van der Waals surface area contributed by atoms with Crippen molar-refractivity contribution in [2.24, 2.45) is 21.7 Å². The van der Waals surface area contributed by atoms with Gasteiger partial charge in [-0.1, -0.05) is 36.9 Å². The summed E-state index contributed by atoms with van der Waals surface area (Å²) >= 11 is 17.3. The molecule has 2 fully saturated rings. The van der Waals surface area contributed by atoms with E-state index < -0.39 is 100 Å². The van der Waals surface area contributed by atoms with E-state index in [0.717, 1.165) is 82.8 Å². The van der Waals surface area contributed by atoms with E-state index in [1.165, 1.54) is 75.4 Å². The van der Waals surface area contributed by atoms with Gasteiger partial charge >= 0.3 is 24.0 Å². The Morgan fingerprint density at radius 1 is 0.847 bits per heavy atom. The normalized spacial score (nSPS) is 18.2. The highest BCUT2D eigenvalue weighted by molar-refractivity contribution is 7.90. The summed E-state index contributed by atoms with van der Waals surface area (Å²) in [5.74, 6) is -3.10. The number of H-pyrrole nitrogens is 1. The molecule has 1 spiro atoms. The third kappa shape index (κ3) is 21.9. The number of amides is 5. The molecule has 602 valence electrons. The number of aromatic carboxylic acids is 1. The number of aliphatic imine (C=N–C) groups is 1. The number of imidazole rings is 1. The van der Waals surface area contributed by atoms with Gasteiger partial charge in [0.05, 0.1) is 61.4 Å². The summed E-state index contributed by atoms with van der Waals surface area (Å²) in [5.41, 5.74) is 19.5. The van der Waals surface area contributed by atoms with Crippen LogP contribution in [0, 0.1) is 11.8 Å². The number of urea groups is 2. The third-order valence-corrected chi connectivity index (χ3v) is 19.8. The molecule has 37 nitrogen and oxygen atoms in total. The first-order valence-corrected chi connectivity index (χ1v) is 36.6. The van der Waals surface area contributed by atoms with Gasteiger partial charge < -0.3 is 92.6 Å². The number of aliphatic hydroxyl groups excluding tert-OH is 5. The number of alkyl halides is 2. The van der Waals surface area contributed by atoms with E-state index >= 15 is 0 Å². The number of amidine groups is 1. The van der Waals surface area contributed by atoms with Gasteiger partial charge in [-0.2, -0.15) is 5.01 Å². The van der Waals surface area contributed by atoms with Crippen LogP contribution in [0.4, 0.5) is 21.0 Å². The number of carboxylic acid groups (broad SMARTS) is 2. The number of nitrogen functional groups attached to an aromatic ring is 1. The number of allylic oxidation sites excluding steroid dienone is 2. The van der Waals surface area contributed by atoms with Crippen LogP contribution in [0.5, 0.6) is 17.2 Å². The Bertz CT molecular complexity index is 4520. The van der Waals surface area contributed by atoms with Crippen molar-refractivity contribution in [1.82, 2.24) is 44.8 Å². The summed E-state index contributed by atoms with van der Waals surface area (Å²) in [7, 11) is 1.12. The molecule has 3 aromatic carbocycles. The van der Waals surface area contributed by atoms with Crippen LogP contribution in [0.1, 0.15) is 92.2 Å². The summed E-state index contributed by atoms with van der Waals surface area (Å²) in [5, 5.41) is 84.6. The summed E-state index contributed by atoms with van der Waals surface area (Å²) in [4.78, 5) is 117. The van der Waals surface area contributed by atoms with E-state index in [1.807, 2.05) is 10.8 Å². The number of nitroso groups, excluding NO2 is 1. The number of ether oxygens (including phenoxy) is 4. The number of anilines is 2. The van der Waals surface area contributed by atoms with Crippen molar-refractivity contribution in [2.45, 2.75) is 112 Å². The first kappa shape index (κ1) is 89.8. The number of nitrogens with one attached hydrogen (secondary N) is 4. The molecule has 1 saturated heterocycles. The molecular weight excluding hydrogens is 1560 g/mol. The van der Waals surface area contributed by atoms with Gasteiger partial charge in [0.25, 0.3) is 22.0 Å². The number of phenols is 1. The number of benzene rings is 3. The number of methoxy groups -OCH3 is 3. The number of aliphatic carboxylic acids is 1. The molecule has 6 aromatic rings. The predicted molar refractivity (Wildman–Crippen MR) is 406 cm³/mol. The molecule has 11 rings (SSSR count). The molecule has 5 heterocycles. The monoisotopic (exact) mass is 1650 g/mol. The number of aryl methyl sites for hydroxylation is 2. The van der Waals surface area contributed by atoms with Gasteiger partial charge in [0.1, 0.15) is 53.0 Å². The number of ketones is 2. The van der Waals surface area contributed by atoms with Crippen molar-refractivity contribution in [3.63, 3.8) is 0 Å². The zero-order valence-corrected chi connectivity index (χ0v) is 64.2. The van der Waals surface area contributed by atoms with Gasteiger partial charge in [-0.25, -0.2) is 47.5 Å². The number of Topliss-reactive ketones (excluding diaryl/α,β-unsaturated/α-hetero) is 2. The van der Waals surface area contributed by atoms with Crippen LogP contribution in [0.2, 0.25) is 5.02 Å². The van der Waals surface area contributed by atoms with Crippen LogP contribution < -0.4 is 42.0 Å². The first-order valence-electron chi connectivity index (χ1n) is 33.7. The van der Waals surface area contributed by atoms with E-state index in [1.54, 1.807) is 36.5 Å². The summed E-state index contributed by atoms with van der Waals surface area (Å²) < 4.78 is 46.8. The fraction of sp³-hybridized carbons (Fsp3) is 0.406. The number of hydrogen-bond acceptors (Lipinski definition) is 28. The SMILES string of the molecule is CN(N=O)C(=O)N[C@@H]1[C@@H](O)[C@H](O)[C@@H](CO)O[C@@H]1O.COC1=C(N)C(=O)c2nc(-c3nc(C(=O)O)c(C)c(-c4ccc(OC)c(OC)c4O)c3N)ccc2C1=O.Cl.N[C@@H](Cc1cnc[nH]1)C(=O)O.O=C(Nc1ccc(Cl)cc1)NS(=O)(=O)c1ccc2c(c1)CCC2.O=C1N(CCN(CCCl)CCCl)C(O)=NC12CCCCC2. The van der Waals surface area contributed by atoms with Crippen LogP contribution in [0.25, 0.3) is 22.5 Å². The molecule has 2 aliphatic heterocycles. The molecule has 5 aliphatic rings. The molecule has 0 bridgehead atoms. The van der Waals surface area contributed by atoms with Gasteiger partial charge in [-0.3, -0.25) is 29.0 Å². The zero-order chi connectivity index (χ0) is 81.1. The number of halogens is 4. The lowest BCUT2D eigenvalue weighted by molar-refractivity contribution is -0.252. The molecular formula is C69H85Cl4N15O22S. The highest BCUT2D eigenvalue weighted by Crippen LogP contribution is 2.48. The number of aromatic nitrogens is 4. The number of phenolic OH excluding ortho intramolecular Hbond substituents is 1. The second-order valence-electron chi connectivity index (χ2n) is 25.0. The Hall–Kier alpha value is -10.1. The number of hydrogen-bond donors (Lipinski definition) is 15. The number of carboxylic acids is 2. The van der Waals surface area contributed by atoms with Gasteiger partial charge in [0.2, 0.25) is 17.3 Å². The maximum absolute atomic E-state index is 12.8. The summed E-state index contributed by atoms with van der Waals surface area (Å²) in [6.07, 6.45) is 5.01. The molecule has 0 unspecified atom stereocenters. The molecule has 1 saturated carbocycles. The number of aromatic hydroxyl groups is 1. The number of nitrogens with zero attached hydrogens (tertiary/aromatic N) is 8. The van der Waals surface area contributed by atoms with Crippen molar-refractivity contribution in [3.8, 4) is 39.8 Å². The molecule has 3 aliphatic carbocycles. The van der Waals surface area contributed by atoms with Crippen LogP contribution in [0.3, 0.4) is 0 Å². The Morgan fingerprint density at radius 2 is 1.50 bits per heavy atom.